The Bertz CT molecular complexity index is 307. The number of hydrogen-bond acceptors (Lipinski definition) is 1. The molecule has 1 heteroatoms. The molecule has 0 unspecified atom stereocenters. The van der Waals surface area contributed by atoms with Crippen LogP contribution < -0.4 is 0 Å². The van der Waals surface area contributed by atoms with Crippen molar-refractivity contribution in [2.24, 2.45) is 0 Å². The number of hydrogen-bond donors (Lipinski definition) is 0. The first kappa shape index (κ1) is 10.6. The molecule has 1 aromatic rings. The zero-order valence-electron chi connectivity index (χ0n) is 8.73. The molecule has 1 rings (SSSR count). The highest BCUT2D eigenvalue weighted by Gasteiger charge is 1.88. The highest BCUT2D eigenvalue weighted by Crippen LogP contribution is 2.06. The molecule has 0 fully saturated rings. The van der Waals surface area contributed by atoms with Crippen molar-refractivity contribution in [3.8, 4) is 0 Å². The van der Waals surface area contributed by atoms with Crippen LogP contribution in [0, 0.1) is 0 Å². The van der Waals surface area contributed by atoms with E-state index < -0.39 is 0 Å². The smallest absolute Gasteiger partial charge is 0.0907 e. The second-order valence-electron chi connectivity index (χ2n) is 3.00. The molecule has 0 aliphatic rings. The minimum Gasteiger partial charge on any atom is -0.473 e. The maximum absolute atomic E-state index is 5.08. The van der Waals surface area contributed by atoms with E-state index in [0.717, 1.165) is 12.0 Å². The van der Waals surface area contributed by atoms with Crippen LogP contribution >= 0.6 is 0 Å². The van der Waals surface area contributed by atoms with Gasteiger partial charge in [-0.25, -0.2) is 0 Å². The van der Waals surface area contributed by atoms with Crippen LogP contribution in [0.1, 0.15) is 25.0 Å². The fourth-order valence-electron chi connectivity index (χ4n) is 1.11. The highest BCUT2D eigenvalue weighted by molar-refractivity contribution is 5.48. The van der Waals surface area contributed by atoms with Crippen molar-refractivity contribution in [2.45, 2.75) is 20.3 Å². The summed E-state index contributed by atoms with van der Waals surface area (Å²) in [5, 5.41) is 0. The van der Waals surface area contributed by atoms with Gasteiger partial charge in [-0.05, 0) is 30.5 Å². The van der Waals surface area contributed by atoms with Gasteiger partial charge in [-0.3, -0.25) is 0 Å². The molecular formula is C13H16O. The third kappa shape index (κ3) is 3.48. The molecule has 0 aromatic heterocycles. The molecule has 74 valence electrons. The SMILES string of the molecule is C/C=C\O/C=C/c1ccc(CC)cc1. The monoisotopic (exact) mass is 188 g/mol. The van der Waals surface area contributed by atoms with Gasteiger partial charge in [0.2, 0.25) is 0 Å². The van der Waals surface area contributed by atoms with Crippen molar-refractivity contribution < 1.29 is 4.74 Å². The largest absolute Gasteiger partial charge is 0.473 e. The number of ether oxygens (including phenoxy) is 1. The summed E-state index contributed by atoms with van der Waals surface area (Å²) in [4.78, 5) is 0. The molecule has 14 heavy (non-hydrogen) atoms. The van der Waals surface area contributed by atoms with E-state index in [9.17, 15) is 0 Å². The van der Waals surface area contributed by atoms with E-state index in [1.165, 1.54) is 5.56 Å². The Balaban J connectivity index is 2.55. The van der Waals surface area contributed by atoms with Crippen LogP contribution in [0.3, 0.4) is 0 Å². The van der Waals surface area contributed by atoms with Crippen molar-refractivity contribution in [2.75, 3.05) is 0 Å². The fourth-order valence-corrected chi connectivity index (χ4v) is 1.11. The predicted molar refractivity (Wildman–Crippen MR) is 60.8 cm³/mol. The number of benzene rings is 1. The minimum atomic E-state index is 1.08. The lowest BCUT2D eigenvalue weighted by atomic mass is 10.1. The third-order valence-corrected chi connectivity index (χ3v) is 1.94. The van der Waals surface area contributed by atoms with E-state index >= 15 is 0 Å². The molecule has 0 aliphatic carbocycles. The zero-order chi connectivity index (χ0) is 10.2. The Morgan fingerprint density at radius 1 is 1.14 bits per heavy atom. The van der Waals surface area contributed by atoms with E-state index in [2.05, 4.69) is 31.2 Å². The second-order valence-corrected chi connectivity index (χ2v) is 3.00. The Morgan fingerprint density at radius 2 is 1.86 bits per heavy atom. The van der Waals surface area contributed by atoms with Crippen molar-refractivity contribution in [3.05, 3.63) is 54.0 Å². The van der Waals surface area contributed by atoms with E-state index in [4.69, 9.17) is 4.74 Å². The van der Waals surface area contributed by atoms with Gasteiger partial charge in [0.1, 0.15) is 0 Å². The van der Waals surface area contributed by atoms with E-state index in [0.29, 0.717) is 0 Å². The molecule has 0 heterocycles. The molecular weight excluding hydrogens is 172 g/mol. The molecule has 0 bridgehead atoms. The van der Waals surface area contributed by atoms with Gasteiger partial charge in [-0.2, -0.15) is 0 Å². The molecule has 0 atom stereocenters. The molecule has 0 N–H and O–H groups in total. The van der Waals surface area contributed by atoms with Gasteiger partial charge in [0, 0.05) is 0 Å². The number of allylic oxidation sites excluding steroid dienone is 1. The lowest BCUT2D eigenvalue weighted by Crippen LogP contribution is -1.79. The van der Waals surface area contributed by atoms with Crippen LogP contribution in [0.2, 0.25) is 0 Å². The molecule has 0 spiro atoms. The quantitative estimate of drug-likeness (QED) is 0.653. The van der Waals surface area contributed by atoms with Crippen molar-refractivity contribution in [3.63, 3.8) is 0 Å². The maximum Gasteiger partial charge on any atom is 0.0907 e. The summed E-state index contributed by atoms with van der Waals surface area (Å²) < 4.78 is 5.08. The van der Waals surface area contributed by atoms with Gasteiger partial charge < -0.3 is 4.74 Å². The van der Waals surface area contributed by atoms with Crippen LogP contribution in [-0.4, -0.2) is 0 Å². The van der Waals surface area contributed by atoms with Gasteiger partial charge >= 0.3 is 0 Å². The molecule has 0 saturated carbocycles. The first-order chi connectivity index (χ1) is 6.86. The Morgan fingerprint density at radius 3 is 2.43 bits per heavy atom. The van der Waals surface area contributed by atoms with Crippen LogP contribution in [0.5, 0.6) is 0 Å². The van der Waals surface area contributed by atoms with Crippen LogP contribution in [0.4, 0.5) is 0 Å². The minimum absolute atomic E-state index is 1.08. The van der Waals surface area contributed by atoms with Gasteiger partial charge in [0.15, 0.2) is 0 Å². The zero-order valence-corrected chi connectivity index (χ0v) is 8.73. The topological polar surface area (TPSA) is 9.23 Å². The summed E-state index contributed by atoms with van der Waals surface area (Å²) in [7, 11) is 0. The molecule has 0 saturated heterocycles. The fraction of sp³-hybridized carbons (Fsp3) is 0.231. The first-order valence-electron chi connectivity index (χ1n) is 4.89. The van der Waals surface area contributed by atoms with Gasteiger partial charge in [0.05, 0.1) is 12.5 Å². The predicted octanol–water partition coefficient (Wildman–Crippen LogP) is 3.77. The van der Waals surface area contributed by atoms with Crippen LogP contribution in [0.15, 0.2) is 42.9 Å². The Hall–Kier alpha value is -1.50. The van der Waals surface area contributed by atoms with Gasteiger partial charge in [-0.15, -0.1) is 0 Å². The number of aryl methyl sites for hydroxylation is 1. The van der Waals surface area contributed by atoms with Crippen LogP contribution in [0.25, 0.3) is 6.08 Å². The summed E-state index contributed by atoms with van der Waals surface area (Å²) >= 11 is 0. The van der Waals surface area contributed by atoms with E-state index in [-0.39, 0.29) is 0 Å². The average Bonchev–Trinajstić information content (AvgIpc) is 2.25. The molecule has 1 nitrogen and oxygen atoms in total. The van der Waals surface area contributed by atoms with E-state index in [1.54, 1.807) is 12.5 Å². The summed E-state index contributed by atoms with van der Waals surface area (Å²) in [6.07, 6.45) is 8.21. The molecule has 1 aromatic carbocycles. The first-order valence-corrected chi connectivity index (χ1v) is 4.89. The Kier molecular flexibility index (Phi) is 4.56. The van der Waals surface area contributed by atoms with Crippen LogP contribution in [-0.2, 0) is 11.2 Å². The summed E-state index contributed by atoms with van der Waals surface area (Å²) in [5.41, 5.74) is 2.52. The highest BCUT2D eigenvalue weighted by atomic mass is 16.5. The third-order valence-electron chi connectivity index (χ3n) is 1.94. The summed E-state index contributed by atoms with van der Waals surface area (Å²) in [6.45, 7) is 4.07. The maximum atomic E-state index is 5.08. The van der Waals surface area contributed by atoms with Gasteiger partial charge in [0.25, 0.3) is 0 Å². The molecule has 0 radical (unpaired) electrons. The second kappa shape index (κ2) is 6.03. The summed E-state index contributed by atoms with van der Waals surface area (Å²) in [6, 6.07) is 8.45. The van der Waals surface area contributed by atoms with Crippen molar-refractivity contribution in [1.82, 2.24) is 0 Å². The standard InChI is InChI=1S/C13H16O/c1-3-10-14-11-9-13-7-5-12(4-2)6-8-13/h3,5-11H,4H2,1-2H3/b10-3-,11-9+. The van der Waals surface area contributed by atoms with Crippen molar-refractivity contribution >= 4 is 6.08 Å². The molecule has 0 aliphatic heterocycles. The summed E-state index contributed by atoms with van der Waals surface area (Å²) in [5.74, 6) is 0. The van der Waals surface area contributed by atoms with Gasteiger partial charge in [-0.1, -0.05) is 37.3 Å². The van der Waals surface area contributed by atoms with E-state index in [1.807, 2.05) is 19.1 Å². The normalized spacial score (nSPS) is 11.3. The lowest BCUT2D eigenvalue weighted by molar-refractivity contribution is 0.405. The average molecular weight is 188 g/mol. The number of rotatable bonds is 4. The molecule has 0 amide bonds. The lowest BCUT2D eigenvalue weighted by Gasteiger charge is -1.96. The Labute approximate surface area is 85.7 Å². The van der Waals surface area contributed by atoms with Crippen molar-refractivity contribution in [1.29, 1.82) is 0 Å².